The Kier molecular flexibility index (Phi) is 2.62. The molecule has 0 aliphatic rings. The van der Waals surface area contributed by atoms with Crippen LogP contribution in [0.25, 0.3) is 0 Å². The number of hydrogen-bond donors (Lipinski definition) is 3. The Labute approximate surface area is 69.3 Å². The van der Waals surface area contributed by atoms with Crippen LogP contribution in [0.4, 0.5) is 4.39 Å². The molecule has 1 aromatic carbocycles. The van der Waals surface area contributed by atoms with E-state index in [-0.39, 0.29) is 12.1 Å². The normalized spacial score (nSPS) is 12.9. The summed E-state index contributed by atoms with van der Waals surface area (Å²) in [5.74, 6) is -1.28. The van der Waals surface area contributed by atoms with Crippen LogP contribution in [0.15, 0.2) is 18.2 Å². The number of aliphatic hydroxyl groups excluding tert-OH is 1. The summed E-state index contributed by atoms with van der Waals surface area (Å²) in [4.78, 5) is 0. The lowest BCUT2D eigenvalue weighted by Gasteiger charge is -2.09. The summed E-state index contributed by atoms with van der Waals surface area (Å²) in [6, 6.07) is 3.95. The highest BCUT2D eigenvalue weighted by molar-refractivity contribution is 5.35. The van der Waals surface area contributed by atoms with Crippen molar-refractivity contribution in [2.75, 3.05) is 6.54 Å². The molecule has 0 unspecified atom stereocenters. The molecule has 4 N–H and O–H groups in total. The van der Waals surface area contributed by atoms with Gasteiger partial charge in [0.05, 0.1) is 6.10 Å². The third-order valence-electron chi connectivity index (χ3n) is 1.60. The summed E-state index contributed by atoms with van der Waals surface area (Å²) >= 11 is 0. The van der Waals surface area contributed by atoms with Crippen molar-refractivity contribution in [3.63, 3.8) is 0 Å². The van der Waals surface area contributed by atoms with E-state index in [1.54, 1.807) is 0 Å². The van der Waals surface area contributed by atoms with Gasteiger partial charge in [0, 0.05) is 12.1 Å². The van der Waals surface area contributed by atoms with Crippen molar-refractivity contribution in [2.24, 2.45) is 5.73 Å². The van der Waals surface area contributed by atoms with Gasteiger partial charge in [-0.05, 0) is 6.07 Å². The predicted octanol–water partition coefficient (Wildman–Crippen LogP) is 0.523. The lowest BCUT2D eigenvalue weighted by Crippen LogP contribution is -2.11. The molecule has 1 rings (SSSR count). The summed E-state index contributed by atoms with van der Waals surface area (Å²) in [7, 11) is 0. The van der Waals surface area contributed by atoms with E-state index in [4.69, 9.17) is 10.8 Å². The fourth-order valence-electron chi connectivity index (χ4n) is 0.928. The maximum atomic E-state index is 12.7. The summed E-state index contributed by atoms with van der Waals surface area (Å²) in [5, 5.41) is 18.3. The second kappa shape index (κ2) is 3.51. The molecule has 0 saturated heterocycles. The highest BCUT2D eigenvalue weighted by Crippen LogP contribution is 2.25. The van der Waals surface area contributed by atoms with E-state index >= 15 is 0 Å². The van der Waals surface area contributed by atoms with Crippen molar-refractivity contribution in [3.8, 4) is 5.75 Å². The number of phenols is 1. The lowest BCUT2D eigenvalue weighted by atomic mass is 10.1. The molecular formula is C8H10FNO2. The van der Waals surface area contributed by atoms with Crippen LogP contribution in [0.5, 0.6) is 5.75 Å². The van der Waals surface area contributed by atoms with E-state index in [2.05, 4.69) is 0 Å². The van der Waals surface area contributed by atoms with Crippen LogP contribution in [-0.2, 0) is 0 Å². The van der Waals surface area contributed by atoms with E-state index in [9.17, 15) is 9.50 Å². The molecule has 1 atom stereocenters. The van der Waals surface area contributed by atoms with Gasteiger partial charge in [0.15, 0.2) is 11.6 Å². The number of aromatic hydroxyl groups is 1. The van der Waals surface area contributed by atoms with Crippen molar-refractivity contribution in [1.82, 2.24) is 0 Å². The van der Waals surface area contributed by atoms with E-state index in [0.29, 0.717) is 0 Å². The van der Waals surface area contributed by atoms with Crippen molar-refractivity contribution < 1.29 is 14.6 Å². The van der Waals surface area contributed by atoms with Crippen molar-refractivity contribution in [1.29, 1.82) is 0 Å². The number of rotatable bonds is 2. The van der Waals surface area contributed by atoms with Crippen LogP contribution >= 0.6 is 0 Å². The average molecular weight is 171 g/mol. The van der Waals surface area contributed by atoms with Gasteiger partial charge in [0.2, 0.25) is 0 Å². The molecule has 0 bridgehead atoms. The van der Waals surface area contributed by atoms with Crippen LogP contribution in [0.1, 0.15) is 11.7 Å². The SMILES string of the molecule is NC[C@@H](O)c1cccc(F)c1O. The molecule has 3 nitrogen and oxygen atoms in total. The summed E-state index contributed by atoms with van der Waals surface area (Å²) < 4.78 is 12.7. The number of phenolic OH excluding ortho intramolecular Hbond substituents is 1. The quantitative estimate of drug-likeness (QED) is 0.607. The van der Waals surface area contributed by atoms with Crippen molar-refractivity contribution in [3.05, 3.63) is 29.6 Å². The first-order valence-corrected chi connectivity index (χ1v) is 3.52. The van der Waals surface area contributed by atoms with Crippen molar-refractivity contribution in [2.45, 2.75) is 6.10 Å². The van der Waals surface area contributed by atoms with Gasteiger partial charge in [0.25, 0.3) is 0 Å². The number of para-hydroxylation sites is 1. The number of nitrogens with two attached hydrogens (primary N) is 1. The number of benzene rings is 1. The van der Waals surface area contributed by atoms with Gasteiger partial charge in [-0.25, -0.2) is 4.39 Å². The number of hydrogen-bond acceptors (Lipinski definition) is 3. The smallest absolute Gasteiger partial charge is 0.165 e. The monoisotopic (exact) mass is 171 g/mol. The Hall–Kier alpha value is -1.13. The molecule has 0 fully saturated rings. The third-order valence-corrected chi connectivity index (χ3v) is 1.60. The van der Waals surface area contributed by atoms with Gasteiger partial charge in [-0.15, -0.1) is 0 Å². The maximum Gasteiger partial charge on any atom is 0.165 e. The van der Waals surface area contributed by atoms with Crippen LogP contribution < -0.4 is 5.73 Å². The second-order valence-corrected chi connectivity index (χ2v) is 2.43. The average Bonchev–Trinajstić information content (AvgIpc) is 2.08. The fourth-order valence-corrected chi connectivity index (χ4v) is 0.928. The minimum Gasteiger partial charge on any atom is -0.505 e. The second-order valence-electron chi connectivity index (χ2n) is 2.43. The molecule has 4 heteroatoms. The lowest BCUT2D eigenvalue weighted by molar-refractivity contribution is 0.181. The molecule has 0 radical (unpaired) electrons. The van der Waals surface area contributed by atoms with E-state index in [1.807, 2.05) is 0 Å². The zero-order valence-corrected chi connectivity index (χ0v) is 6.37. The standard InChI is InChI=1S/C8H10FNO2/c9-6-3-1-2-5(8(6)12)7(11)4-10/h1-3,7,11-12H,4,10H2/t7-/m1/s1. The Morgan fingerprint density at radius 3 is 2.75 bits per heavy atom. The Morgan fingerprint density at radius 1 is 1.50 bits per heavy atom. The zero-order chi connectivity index (χ0) is 9.14. The minimum atomic E-state index is -1.01. The molecule has 0 aromatic heterocycles. The Morgan fingerprint density at radius 2 is 2.17 bits per heavy atom. The van der Waals surface area contributed by atoms with E-state index in [1.165, 1.54) is 12.1 Å². The molecular weight excluding hydrogens is 161 g/mol. The molecule has 0 heterocycles. The van der Waals surface area contributed by atoms with Crippen molar-refractivity contribution >= 4 is 0 Å². The molecule has 1 aromatic rings. The molecule has 0 amide bonds. The highest BCUT2D eigenvalue weighted by Gasteiger charge is 2.12. The summed E-state index contributed by atoms with van der Waals surface area (Å²) in [5.41, 5.74) is 5.26. The Bertz CT molecular complexity index is 278. The first kappa shape index (κ1) is 8.96. The van der Waals surface area contributed by atoms with Gasteiger partial charge < -0.3 is 15.9 Å². The van der Waals surface area contributed by atoms with Gasteiger partial charge in [-0.1, -0.05) is 12.1 Å². The van der Waals surface area contributed by atoms with Gasteiger partial charge in [-0.3, -0.25) is 0 Å². The molecule has 0 aliphatic carbocycles. The molecule has 66 valence electrons. The first-order valence-electron chi connectivity index (χ1n) is 3.52. The first-order chi connectivity index (χ1) is 5.66. The topological polar surface area (TPSA) is 66.5 Å². The highest BCUT2D eigenvalue weighted by atomic mass is 19.1. The fraction of sp³-hybridized carbons (Fsp3) is 0.250. The minimum absolute atomic E-state index is 0.0446. The number of halogens is 1. The van der Waals surface area contributed by atoms with Crippen LogP contribution in [0.2, 0.25) is 0 Å². The number of aliphatic hydroxyl groups is 1. The maximum absolute atomic E-state index is 12.7. The molecule has 0 saturated carbocycles. The molecule has 0 aliphatic heterocycles. The van der Waals surface area contributed by atoms with Crippen LogP contribution in [-0.4, -0.2) is 16.8 Å². The largest absolute Gasteiger partial charge is 0.505 e. The molecule has 12 heavy (non-hydrogen) atoms. The van der Waals surface area contributed by atoms with Gasteiger partial charge in [0.1, 0.15) is 0 Å². The Balaban J connectivity index is 3.07. The summed E-state index contributed by atoms with van der Waals surface area (Å²) in [6.45, 7) is -0.0446. The predicted molar refractivity (Wildman–Crippen MR) is 42.1 cm³/mol. The van der Waals surface area contributed by atoms with E-state index < -0.39 is 17.7 Å². The molecule has 0 spiro atoms. The van der Waals surface area contributed by atoms with Crippen LogP contribution in [0, 0.1) is 5.82 Å². The van der Waals surface area contributed by atoms with Crippen LogP contribution in [0.3, 0.4) is 0 Å². The third kappa shape index (κ3) is 1.54. The zero-order valence-electron chi connectivity index (χ0n) is 6.37. The van der Waals surface area contributed by atoms with Gasteiger partial charge in [-0.2, -0.15) is 0 Å². The van der Waals surface area contributed by atoms with E-state index in [0.717, 1.165) is 6.07 Å². The summed E-state index contributed by atoms with van der Waals surface area (Å²) in [6.07, 6.45) is -1.01. The van der Waals surface area contributed by atoms with Gasteiger partial charge >= 0.3 is 0 Å².